The average Bonchev–Trinajstić information content (AvgIpc) is 3.11. The van der Waals surface area contributed by atoms with Gasteiger partial charge in [-0.25, -0.2) is 13.1 Å². The number of benzene rings is 1. The van der Waals surface area contributed by atoms with Crippen molar-refractivity contribution in [2.45, 2.75) is 24.8 Å². The summed E-state index contributed by atoms with van der Waals surface area (Å²) in [4.78, 5) is 13.0. The SMILES string of the molecule is COc1ccc(S(=O)(=O)N2CCOCC2)cc1C(=O)Nc1cc(C)nn1CCC#N. The Balaban J connectivity index is 1.91. The largest absolute Gasteiger partial charge is 0.496 e. The van der Waals surface area contributed by atoms with Crippen molar-refractivity contribution >= 4 is 21.7 Å². The van der Waals surface area contributed by atoms with Crippen LogP contribution in [0.2, 0.25) is 0 Å². The van der Waals surface area contributed by atoms with Crippen LogP contribution < -0.4 is 10.1 Å². The average molecular weight is 433 g/mol. The first-order valence-corrected chi connectivity index (χ1v) is 10.8. The summed E-state index contributed by atoms with van der Waals surface area (Å²) in [5.74, 6) is 0.119. The van der Waals surface area contributed by atoms with Gasteiger partial charge in [-0.2, -0.15) is 14.7 Å². The van der Waals surface area contributed by atoms with E-state index in [-0.39, 0.29) is 35.7 Å². The number of aryl methyl sites for hydroxylation is 2. The highest BCUT2D eigenvalue weighted by molar-refractivity contribution is 7.89. The molecule has 2 aromatic rings. The van der Waals surface area contributed by atoms with Crippen LogP contribution in [0.1, 0.15) is 22.5 Å². The summed E-state index contributed by atoms with van der Waals surface area (Å²) in [6.07, 6.45) is 0.237. The van der Waals surface area contributed by atoms with Crippen molar-refractivity contribution in [3.63, 3.8) is 0 Å². The lowest BCUT2D eigenvalue weighted by molar-refractivity contribution is 0.0730. The van der Waals surface area contributed by atoms with Gasteiger partial charge in [-0.05, 0) is 25.1 Å². The molecule has 3 rings (SSSR count). The summed E-state index contributed by atoms with van der Waals surface area (Å²) in [6.45, 7) is 3.27. The van der Waals surface area contributed by atoms with Gasteiger partial charge in [0.1, 0.15) is 11.6 Å². The molecule has 160 valence electrons. The van der Waals surface area contributed by atoms with Gasteiger partial charge in [-0.1, -0.05) is 0 Å². The first-order valence-electron chi connectivity index (χ1n) is 9.35. The zero-order valence-electron chi connectivity index (χ0n) is 16.8. The van der Waals surface area contributed by atoms with E-state index in [2.05, 4.69) is 10.4 Å². The van der Waals surface area contributed by atoms with Crippen molar-refractivity contribution in [2.24, 2.45) is 0 Å². The minimum atomic E-state index is -3.77. The standard InChI is InChI=1S/C19H23N5O5S/c1-14-12-18(24(22-14)7-3-6-20)21-19(25)16-13-15(4-5-17(16)28-2)30(26,27)23-8-10-29-11-9-23/h4-5,12-13H,3,7-11H2,1-2H3,(H,21,25). The van der Waals surface area contributed by atoms with Crippen LogP contribution in [0, 0.1) is 18.3 Å². The molecule has 30 heavy (non-hydrogen) atoms. The molecule has 0 saturated carbocycles. The Morgan fingerprint density at radius 1 is 1.33 bits per heavy atom. The Morgan fingerprint density at radius 3 is 2.73 bits per heavy atom. The van der Waals surface area contributed by atoms with Gasteiger partial charge in [0.2, 0.25) is 10.0 Å². The molecule has 0 bridgehead atoms. The maximum Gasteiger partial charge on any atom is 0.260 e. The van der Waals surface area contributed by atoms with E-state index in [0.29, 0.717) is 31.3 Å². The second kappa shape index (κ2) is 9.25. The van der Waals surface area contributed by atoms with Crippen LogP contribution >= 0.6 is 0 Å². The first-order chi connectivity index (χ1) is 14.4. The summed E-state index contributed by atoms with van der Waals surface area (Å²) in [5.41, 5.74) is 0.761. The van der Waals surface area contributed by atoms with Gasteiger partial charge >= 0.3 is 0 Å². The molecular formula is C19H23N5O5S. The number of carbonyl (C=O) groups excluding carboxylic acids is 1. The number of nitrogens with one attached hydrogen (secondary N) is 1. The minimum absolute atomic E-state index is 0.00418. The normalized spacial score (nSPS) is 14.8. The third kappa shape index (κ3) is 4.62. The minimum Gasteiger partial charge on any atom is -0.496 e. The zero-order chi connectivity index (χ0) is 21.7. The van der Waals surface area contributed by atoms with Crippen LogP contribution in [0.4, 0.5) is 5.82 Å². The van der Waals surface area contributed by atoms with Gasteiger partial charge in [0.15, 0.2) is 0 Å². The molecule has 0 atom stereocenters. The van der Waals surface area contributed by atoms with E-state index in [9.17, 15) is 13.2 Å². The molecule has 10 nitrogen and oxygen atoms in total. The summed E-state index contributed by atoms with van der Waals surface area (Å²) in [7, 11) is -2.36. The second-order valence-electron chi connectivity index (χ2n) is 6.63. The quantitative estimate of drug-likeness (QED) is 0.699. The molecule has 11 heteroatoms. The van der Waals surface area contributed by atoms with Crippen LogP contribution in [-0.4, -0.2) is 61.8 Å². The predicted octanol–water partition coefficient (Wildman–Crippen LogP) is 1.39. The summed E-state index contributed by atoms with van der Waals surface area (Å²) < 4.78 is 39.2. The molecule has 1 amide bonds. The van der Waals surface area contributed by atoms with Crippen molar-refractivity contribution in [3.8, 4) is 11.8 Å². The molecule has 1 fully saturated rings. The highest BCUT2D eigenvalue weighted by atomic mass is 32.2. The van der Waals surface area contributed by atoms with Crippen molar-refractivity contribution < 1.29 is 22.7 Å². The Kier molecular flexibility index (Phi) is 6.71. The lowest BCUT2D eigenvalue weighted by atomic mass is 10.2. The topological polar surface area (TPSA) is 127 Å². The number of morpholine rings is 1. The highest BCUT2D eigenvalue weighted by Crippen LogP contribution is 2.26. The van der Waals surface area contributed by atoms with Crippen molar-refractivity contribution in [2.75, 3.05) is 38.7 Å². The number of carbonyl (C=O) groups is 1. The molecule has 1 saturated heterocycles. The summed E-state index contributed by atoms with van der Waals surface area (Å²) in [6, 6.07) is 7.90. The molecule has 1 aliphatic rings. The first kappa shape index (κ1) is 21.8. The Hall–Kier alpha value is -2.94. The third-order valence-electron chi connectivity index (χ3n) is 4.60. The maximum absolute atomic E-state index is 13.0. The summed E-state index contributed by atoms with van der Waals surface area (Å²) >= 11 is 0. The number of methoxy groups -OCH3 is 1. The lowest BCUT2D eigenvalue weighted by Crippen LogP contribution is -2.40. The second-order valence-corrected chi connectivity index (χ2v) is 8.57. The molecule has 0 aliphatic carbocycles. The number of rotatable bonds is 7. The van der Waals surface area contributed by atoms with Gasteiger partial charge in [-0.15, -0.1) is 0 Å². The van der Waals surface area contributed by atoms with Gasteiger partial charge in [0.25, 0.3) is 5.91 Å². The number of hydrogen-bond acceptors (Lipinski definition) is 7. The molecular weight excluding hydrogens is 410 g/mol. The van der Waals surface area contributed by atoms with E-state index in [1.54, 1.807) is 13.0 Å². The van der Waals surface area contributed by atoms with Gasteiger partial charge in [0.05, 0.1) is 55.5 Å². The van der Waals surface area contributed by atoms with E-state index in [4.69, 9.17) is 14.7 Å². The molecule has 1 aromatic carbocycles. The fourth-order valence-electron chi connectivity index (χ4n) is 3.12. The van der Waals surface area contributed by atoms with Crippen molar-refractivity contribution in [3.05, 3.63) is 35.5 Å². The van der Waals surface area contributed by atoms with Crippen molar-refractivity contribution in [1.29, 1.82) is 5.26 Å². The van der Waals surface area contributed by atoms with E-state index >= 15 is 0 Å². The van der Waals surface area contributed by atoms with E-state index < -0.39 is 15.9 Å². The fraction of sp³-hybridized carbons (Fsp3) is 0.421. The molecule has 0 spiro atoms. The fourth-order valence-corrected chi connectivity index (χ4v) is 4.55. The summed E-state index contributed by atoms with van der Waals surface area (Å²) in [5, 5.41) is 15.8. The molecule has 1 aliphatic heterocycles. The van der Waals surface area contributed by atoms with Crippen molar-refractivity contribution in [1.82, 2.24) is 14.1 Å². The van der Waals surface area contributed by atoms with Gasteiger partial charge < -0.3 is 14.8 Å². The number of aromatic nitrogens is 2. The van der Waals surface area contributed by atoms with Gasteiger partial charge in [0, 0.05) is 19.2 Å². The zero-order valence-corrected chi connectivity index (χ0v) is 17.6. The Bertz CT molecular complexity index is 1070. The number of sulfonamides is 1. The number of nitriles is 1. The highest BCUT2D eigenvalue weighted by Gasteiger charge is 2.28. The number of amides is 1. The number of hydrogen-bond donors (Lipinski definition) is 1. The molecule has 1 N–H and O–H groups in total. The predicted molar refractivity (Wildman–Crippen MR) is 108 cm³/mol. The molecule has 0 radical (unpaired) electrons. The van der Waals surface area contributed by atoms with E-state index in [0.717, 1.165) is 0 Å². The van der Waals surface area contributed by atoms with Crippen LogP contribution in [0.25, 0.3) is 0 Å². The molecule has 0 unspecified atom stereocenters. The van der Waals surface area contributed by atoms with Crippen LogP contribution in [0.15, 0.2) is 29.2 Å². The lowest BCUT2D eigenvalue weighted by Gasteiger charge is -2.26. The molecule has 1 aromatic heterocycles. The third-order valence-corrected chi connectivity index (χ3v) is 6.50. The molecule has 2 heterocycles. The van der Waals surface area contributed by atoms with Crippen LogP contribution in [0.5, 0.6) is 5.75 Å². The number of anilines is 1. The Labute approximate surface area is 175 Å². The monoisotopic (exact) mass is 433 g/mol. The van der Waals surface area contributed by atoms with Crippen LogP contribution in [-0.2, 0) is 21.3 Å². The van der Waals surface area contributed by atoms with E-state index in [1.165, 1.54) is 34.3 Å². The van der Waals surface area contributed by atoms with Crippen LogP contribution in [0.3, 0.4) is 0 Å². The van der Waals surface area contributed by atoms with E-state index in [1.807, 2.05) is 6.07 Å². The van der Waals surface area contributed by atoms with Gasteiger partial charge in [-0.3, -0.25) is 4.79 Å². The number of nitrogens with zero attached hydrogens (tertiary/aromatic N) is 4. The number of ether oxygens (including phenoxy) is 2. The Morgan fingerprint density at radius 2 is 2.07 bits per heavy atom. The smallest absolute Gasteiger partial charge is 0.260 e. The maximum atomic E-state index is 13.0.